The summed E-state index contributed by atoms with van der Waals surface area (Å²) in [6.45, 7) is 0.00170. The van der Waals surface area contributed by atoms with E-state index in [4.69, 9.17) is 9.94 Å². The minimum atomic E-state index is -0.161. The molecule has 3 amide bonds. The van der Waals surface area contributed by atoms with Gasteiger partial charge in [-0.2, -0.15) is 11.8 Å². The molecule has 2 aliphatic heterocycles. The van der Waals surface area contributed by atoms with Gasteiger partial charge in [-0.3, -0.25) is 9.63 Å². The van der Waals surface area contributed by atoms with E-state index in [1.807, 2.05) is 11.8 Å². The second kappa shape index (κ2) is 7.70. The van der Waals surface area contributed by atoms with Gasteiger partial charge in [0.25, 0.3) is 0 Å². The van der Waals surface area contributed by atoms with Gasteiger partial charge in [0.1, 0.15) is 0 Å². The van der Waals surface area contributed by atoms with Gasteiger partial charge in [0.2, 0.25) is 5.91 Å². The van der Waals surface area contributed by atoms with Crippen LogP contribution in [0.15, 0.2) is 0 Å². The summed E-state index contributed by atoms with van der Waals surface area (Å²) >= 11 is 1.88. The normalized spacial score (nSPS) is 27.9. The first-order valence-corrected chi connectivity index (χ1v) is 7.95. The third kappa shape index (κ3) is 4.26. The van der Waals surface area contributed by atoms with Gasteiger partial charge in [-0.1, -0.05) is 6.42 Å². The van der Waals surface area contributed by atoms with Crippen molar-refractivity contribution in [2.24, 2.45) is 0 Å². The average Bonchev–Trinajstić information content (AvgIpc) is 2.95. The third-order valence-electron chi connectivity index (χ3n) is 3.46. The van der Waals surface area contributed by atoms with Crippen LogP contribution in [0, 0.1) is 0 Å². The topological polar surface area (TPSA) is 99.7 Å². The van der Waals surface area contributed by atoms with Crippen LogP contribution in [-0.4, -0.2) is 53.3 Å². The smallest absolute Gasteiger partial charge is 0.315 e. The molecular weight excluding hydrogens is 282 g/mol. The second-order valence-corrected chi connectivity index (χ2v) is 6.24. The third-order valence-corrected chi connectivity index (χ3v) is 4.97. The second-order valence-electron chi connectivity index (χ2n) is 4.96. The maximum atomic E-state index is 11.3. The van der Waals surface area contributed by atoms with E-state index < -0.39 is 0 Å². The fraction of sp³-hybridized carbons (Fsp3) is 0.833. The number of amides is 3. The number of fused-ring (bicyclic) bond motifs is 1. The van der Waals surface area contributed by atoms with Crippen LogP contribution in [0.1, 0.15) is 25.7 Å². The van der Waals surface area contributed by atoms with Crippen molar-refractivity contribution < 1.29 is 19.5 Å². The van der Waals surface area contributed by atoms with Crippen molar-refractivity contribution in [3.05, 3.63) is 0 Å². The molecule has 0 radical (unpaired) electrons. The van der Waals surface area contributed by atoms with E-state index in [-0.39, 0.29) is 37.2 Å². The van der Waals surface area contributed by atoms with Crippen LogP contribution in [0.5, 0.6) is 0 Å². The number of carbonyl (C=O) groups is 2. The van der Waals surface area contributed by atoms with Crippen molar-refractivity contribution in [3.63, 3.8) is 0 Å². The summed E-state index contributed by atoms with van der Waals surface area (Å²) in [5.41, 5.74) is 2.28. The number of aliphatic hydroxyl groups excluding tert-OH is 1. The molecule has 7 nitrogen and oxygen atoms in total. The van der Waals surface area contributed by atoms with Gasteiger partial charge >= 0.3 is 6.03 Å². The molecule has 0 aromatic carbocycles. The van der Waals surface area contributed by atoms with Crippen molar-refractivity contribution >= 4 is 23.7 Å². The lowest BCUT2D eigenvalue weighted by atomic mass is 10.0. The summed E-state index contributed by atoms with van der Waals surface area (Å²) in [6.07, 6.45) is 3.16. The SMILES string of the molecule is O=C(CCCC[C@@H]1SC[C@@H]2NC(=O)N[C@@H]21)NOCCO. The van der Waals surface area contributed by atoms with E-state index in [0.717, 1.165) is 25.0 Å². The van der Waals surface area contributed by atoms with E-state index in [9.17, 15) is 9.59 Å². The number of nitrogens with one attached hydrogen (secondary N) is 3. The minimum absolute atomic E-state index is 0.0642. The Bertz CT molecular complexity index is 356. The van der Waals surface area contributed by atoms with Crippen molar-refractivity contribution in [1.29, 1.82) is 0 Å². The van der Waals surface area contributed by atoms with Crippen LogP contribution in [0.3, 0.4) is 0 Å². The highest BCUT2D eigenvalue weighted by molar-refractivity contribution is 8.00. The summed E-state index contributed by atoms with van der Waals surface area (Å²) < 4.78 is 0. The predicted molar refractivity (Wildman–Crippen MR) is 75.1 cm³/mol. The number of hydrogen-bond acceptors (Lipinski definition) is 5. The Hall–Kier alpha value is -0.990. The van der Waals surface area contributed by atoms with Crippen molar-refractivity contribution in [1.82, 2.24) is 16.1 Å². The summed E-state index contributed by atoms with van der Waals surface area (Å²) in [7, 11) is 0. The Morgan fingerprint density at radius 3 is 3.10 bits per heavy atom. The van der Waals surface area contributed by atoms with Crippen molar-refractivity contribution in [2.75, 3.05) is 19.0 Å². The molecule has 114 valence electrons. The maximum Gasteiger partial charge on any atom is 0.315 e. The van der Waals surface area contributed by atoms with E-state index in [2.05, 4.69) is 16.1 Å². The average molecular weight is 303 g/mol. The Labute approximate surface area is 122 Å². The van der Waals surface area contributed by atoms with Crippen LogP contribution in [0.2, 0.25) is 0 Å². The Morgan fingerprint density at radius 2 is 2.30 bits per heavy atom. The van der Waals surface area contributed by atoms with E-state index in [1.165, 1.54) is 0 Å². The van der Waals surface area contributed by atoms with Gasteiger partial charge in [0.05, 0.1) is 25.3 Å². The molecule has 20 heavy (non-hydrogen) atoms. The number of hydrogen-bond donors (Lipinski definition) is 4. The van der Waals surface area contributed by atoms with Crippen molar-refractivity contribution in [3.8, 4) is 0 Å². The molecule has 2 rings (SSSR count). The molecule has 2 aliphatic rings. The molecule has 8 heteroatoms. The van der Waals surface area contributed by atoms with Crippen molar-refractivity contribution in [2.45, 2.75) is 43.0 Å². The van der Waals surface area contributed by atoms with Gasteiger partial charge in [-0.25, -0.2) is 10.3 Å². The molecule has 2 saturated heterocycles. The zero-order valence-electron chi connectivity index (χ0n) is 11.3. The molecule has 4 N–H and O–H groups in total. The van der Waals surface area contributed by atoms with Crippen LogP contribution in [-0.2, 0) is 9.63 Å². The minimum Gasteiger partial charge on any atom is -0.394 e. The highest BCUT2D eigenvalue weighted by atomic mass is 32.2. The first-order chi connectivity index (χ1) is 9.70. The lowest BCUT2D eigenvalue weighted by Crippen LogP contribution is -2.36. The summed E-state index contributed by atoms with van der Waals surface area (Å²) in [4.78, 5) is 27.3. The summed E-state index contributed by atoms with van der Waals surface area (Å²) in [5.74, 6) is 0.801. The quantitative estimate of drug-likeness (QED) is 0.281. The Balaban J connectivity index is 1.55. The molecule has 0 saturated carbocycles. The molecular formula is C12H21N3O4S. The van der Waals surface area contributed by atoms with Gasteiger partial charge in [-0.15, -0.1) is 0 Å². The fourth-order valence-corrected chi connectivity index (χ4v) is 4.05. The molecule has 0 bridgehead atoms. The number of hydroxylamine groups is 1. The molecule has 0 aromatic heterocycles. The van der Waals surface area contributed by atoms with E-state index in [1.54, 1.807) is 0 Å². The van der Waals surface area contributed by atoms with Crippen LogP contribution >= 0.6 is 11.8 Å². The van der Waals surface area contributed by atoms with E-state index >= 15 is 0 Å². The molecule has 2 heterocycles. The number of urea groups is 1. The Morgan fingerprint density at radius 1 is 1.45 bits per heavy atom. The number of carbonyl (C=O) groups excluding carboxylic acids is 2. The van der Waals surface area contributed by atoms with Crippen LogP contribution < -0.4 is 16.1 Å². The molecule has 3 atom stereocenters. The lowest BCUT2D eigenvalue weighted by molar-refractivity contribution is -0.134. The monoisotopic (exact) mass is 303 g/mol. The number of aliphatic hydroxyl groups is 1. The first kappa shape index (κ1) is 15.4. The number of thioether (sulfide) groups is 1. The fourth-order valence-electron chi connectivity index (χ4n) is 2.50. The lowest BCUT2D eigenvalue weighted by Gasteiger charge is -2.16. The molecule has 0 aromatic rings. The standard InChI is InChI=1S/C12H21N3O4S/c16-5-6-19-15-10(17)4-2-1-3-9-11-8(7-20-9)13-12(18)14-11/h8-9,11,16H,1-7H2,(H,15,17)(H2,13,14,18)/t8-,9-,11-/m0/s1. The van der Waals surface area contributed by atoms with Crippen LogP contribution in [0.25, 0.3) is 0 Å². The molecule has 0 aliphatic carbocycles. The summed E-state index contributed by atoms with van der Waals surface area (Å²) in [5, 5.41) is 14.8. The van der Waals surface area contributed by atoms with Gasteiger partial charge in [0, 0.05) is 17.4 Å². The summed E-state index contributed by atoms with van der Waals surface area (Å²) in [6, 6.07) is 0.424. The Kier molecular flexibility index (Phi) is 5.93. The van der Waals surface area contributed by atoms with Gasteiger partial charge in [0.15, 0.2) is 0 Å². The largest absolute Gasteiger partial charge is 0.394 e. The zero-order chi connectivity index (χ0) is 14.4. The highest BCUT2D eigenvalue weighted by Gasteiger charge is 2.42. The van der Waals surface area contributed by atoms with E-state index in [0.29, 0.717) is 11.7 Å². The number of rotatable bonds is 8. The van der Waals surface area contributed by atoms with Crippen LogP contribution in [0.4, 0.5) is 4.79 Å². The number of unbranched alkanes of at least 4 members (excludes halogenated alkanes) is 1. The maximum absolute atomic E-state index is 11.3. The first-order valence-electron chi connectivity index (χ1n) is 6.91. The molecule has 2 fully saturated rings. The highest BCUT2D eigenvalue weighted by Crippen LogP contribution is 2.33. The molecule has 0 spiro atoms. The molecule has 0 unspecified atom stereocenters. The zero-order valence-corrected chi connectivity index (χ0v) is 12.1. The predicted octanol–water partition coefficient (Wildman–Crippen LogP) is -0.248. The van der Waals surface area contributed by atoms with Gasteiger partial charge < -0.3 is 15.7 Å². The van der Waals surface area contributed by atoms with Gasteiger partial charge in [-0.05, 0) is 12.8 Å².